The Morgan fingerprint density at radius 2 is 1.41 bits per heavy atom. The highest BCUT2D eigenvalue weighted by Crippen LogP contribution is 2.27. The van der Waals surface area contributed by atoms with Crippen LogP contribution in [0.5, 0.6) is 0 Å². The third-order valence-corrected chi connectivity index (χ3v) is 12.0. The average Bonchev–Trinajstić information content (AvgIpc) is 2.27. The second-order valence-corrected chi connectivity index (χ2v) is 16.3. The minimum atomic E-state index is -1.57. The van der Waals surface area contributed by atoms with Crippen LogP contribution >= 0.6 is 0 Å². The third kappa shape index (κ3) is 4.03. The topological polar surface area (TPSA) is 32.6 Å². The monoisotopic (exact) mass is 273 g/mol. The van der Waals surface area contributed by atoms with E-state index in [1.54, 1.807) is 0 Å². The van der Waals surface area contributed by atoms with Gasteiger partial charge in [-0.15, -0.1) is 0 Å². The van der Waals surface area contributed by atoms with Gasteiger partial charge in [0.1, 0.15) is 0 Å². The molecule has 0 fully saturated rings. The van der Waals surface area contributed by atoms with Crippen molar-refractivity contribution in [3.05, 3.63) is 0 Å². The van der Waals surface area contributed by atoms with Crippen LogP contribution in [-0.4, -0.2) is 38.9 Å². The highest BCUT2D eigenvalue weighted by Gasteiger charge is 2.41. The Morgan fingerprint density at radius 3 is 1.65 bits per heavy atom. The van der Waals surface area contributed by atoms with Gasteiger partial charge in [0.2, 0.25) is 0 Å². The van der Waals surface area contributed by atoms with Gasteiger partial charge in [-0.3, -0.25) is 4.99 Å². The van der Waals surface area contributed by atoms with Crippen molar-refractivity contribution in [3.63, 3.8) is 0 Å². The molecule has 0 aliphatic rings. The van der Waals surface area contributed by atoms with Crippen LogP contribution < -0.4 is 0 Å². The molecule has 0 heterocycles. The van der Waals surface area contributed by atoms with E-state index in [4.69, 9.17) is 0 Å². The minimum Gasteiger partial charge on any atom is -0.391 e. The Labute approximate surface area is 110 Å². The summed E-state index contributed by atoms with van der Waals surface area (Å²) in [6, 6.07) is 3.48. The molecule has 1 N–H and O–H groups in total. The lowest BCUT2D eigenvalue weighted by molar-refractivity contribution is 0.306. The Hall–Kier alpha value is 0.0638. The molecule has 0 saturated carbocycles. The molecule has 0 bridgehead atoms. The summed E-state index contributed by atoms with van der Waals surface area (Å²) < 4.78 is 0. The molecule has 0 saturated heterocycles. The van der Waals surface area contributed by atoms with Crippen LogP contribution in [0.1, 0.15) is 27.7 Å². The van der Waals surface area contributed by atoms with Crippen molar-refractivity contribution in [1.29, 1.82) is 0 Å². The lowest BCUT2D eigenvalue weighted by Crippen LogP contribution is -2.56. The van der Waals surface area contributed by atoms with Crippen molar-refractivity contribution >= 4 is 21.5 Å². The van der Waals surface area contributed by atoms with Crippen LogP contribution in [0.15, 0.2) is 4.99 Å². The van der Waals surface area contributed by atoms with E-state index in [0.717, 1.165) is 30.0 Å². The number of rotatable bonds is 7. The summed E-state index contributed by atoms with van der Waals surface area (Å²) in [5.41, 5.74) is -0.214. The number of hydrogen-bond acceptors (Lipinski definition) is 2. The van der Waals surface area contributed by atoms with E-state index < -0.39 is 16.1 Å². The molecule has 0 radical (unpaired) electrons. The smallest absolute Gasteiger partial charge is 0.0983 e. The SMILES string of the molecule is CCN=C(C(O)[Si](CC)(CC)CC)[Si](C)(C)C. The van der Waals surface area contributed by atoms with Gasteiger partial charge in [0.05, 0.1) is 21.9 Å². The fourth-order valence-electron chi connectivity index (χ4n) is 2.52. The normalized spacial score (nSPS) is 16.1. The average molecular weight is 274 g/mol. The molecule has 0 aromatic rings. The quantitative estimate of drug-likeness (QED) is 0.556. The Balaban J connectivity index is 5.34. The summed E-state index contributed by atoms with van der Waals surface area (Å²) in [6.07, 6.45) is 0. The molecule has 0 aliphatic carbocycles. The molecule has 0 aromatic heterocycles. The molecule has 0 aliphatic heterocycles. The van der Waals surface area contributed by atoms with E-state index in [1.807, 2.05) is 0 Å². The number of aliphatic hydroxyl groups is 1. The maximum atomic E-state index is 10.9. The summed E-state index contributed by atoms with van der Waals surface area (Å²) in [5, 5.41) is 12.0. The predicted octanol–water partition coefficient (Wildman–Crippen LogP) is 3.73. The summed E-state index contributed by atoms with van der Waals surface area (Å²) in [7, 11) is -3.07. The molecule has 0 aromatic carbocycles. The van der Waals surface area contributed by atoms with Crippen LogP contribution in [0, 0.1) is 0 Å². The zero-order valence-corrected chi connectivity index (χ0v) is 14.8. The van der Waals surface area contributed by atoms with Gasteiger partial charge in [0.15, 0.2) is 0 Å². The van der Waals surface area contributed by atoms with Crippen molar-refractivity contribution in [2.24, 2.45) is 4.99 Å². The summed E-state index contributed by atoms with van der Waals surface area (Å²) in [5.74, 6) is 0. The zero-order chi connectivity index (χ0) is 13.7. The molecule has 1 atom stereocenters. The number of aliphatic hydroxyl groups excluding tert-OH is 1. The van der Waals surface area contributed by atoms with Crippen LogP contribution in [0.3, 0.4) is 0 Å². The van der Waals surface area contributed by atoms with Gasteiger partial charge in [-0.2, -0.15) is 0 Å². The number of aliphatic imine (C=N–C) groups is 1. The molecule has 102 valence electrons. The van der Waals surface area contributed by atoms with Crippen molar-refractivity contribution in [1.82, 2.24) is 0 Å². The van der Waals surface area contributed by atoms with Gasteiger partial charge in [-0.25, -0.2) is 0 Å². The van der Waals surface area contributed by atoms with Gasteiger partial charge in [0.25, 0.3) is 0 Å². The van der Waals surface area contributed by atoms with Gasteiger partial charge < -0.3 is 5.11 Å². The summed E-state index contributed by atoms with van der Waals surface area (Å²) >= 11 is 0. The van der Waals surface area contributed by atoms with Gasteiger partial charge in [0, 0.05) is 11.9 Å². The molecule has 0 amide bonds. The third-order valence-electron chi connectivity index (χ3n) is 4.05. The molecule has 4 heteroatoms. The fraction of sp³-hybridized carbons (Fsp3) is 0.923. The Bertz CT molecular complexity index is 246. The Morgan fingerprint density at radius 1 is 1.00 bits per heavy atom. The summed E-state index contributed by atoms with van der Waals surface area (Å²) in [4.78, 5) is 4.67. The first-order valence-electron chi connectivity index (χ1n) is 7.01. The van der Waals surface area contributed by atoms with E-state index in [0.29, 0.717) is 0 Å². The van der Waals surface area contributed by atoms with E-state index >= 15 is 0 Å². The fourth-order valence-corrected chi connectivity index (χ4v) is 9.53. The molecule has 1 unspecified atom stereocenters. The van der Waals surface area contributed by atoms with Crippen LogP contribution in [0.2, 0.25) is 37.8 Å². The van der Waals surface area contributed by atoms with Crippen molar-refractivity contribution in [2.45, 2.75) is 71.2 Å². The molecular formula is C13H31NOSi2. The van der Waals surface area contributed by atoms with Gasteiger partial charge in [-0.1, -0.05) is 58.5 Å². The Kier molecular flexibility index (Phi) is 6.88. The lowest BCUT2D eigenvalue weighted by Gasteiger charge is -2.37. The van der Waals surface area contributed by atoms with Crippen molar-refractivity contribution in [2.75, 3.05) is 6.54 Å². The first kappa shape index (κ1) is 17.1. The first-order chi connectivity index (χ1) is 7.79. The summed E-state index contributed by atoms with van der Waals surface area (Å²) in [6.45, 7) is 16.5. The zero-order valence-electron chi connectivity index (χ0n) is 12.8. The van der Waals surface area contributed by atoms with Crippen molar-refractivity contribution < 1.29 is 5.11 Å². The maximum absolute atomic E-state index is 10.9. The van der Waals surface area contributed by atoms with E-state index in [1.165, 1.54) is 0 Å². The predicted molar refractivity (Wildman–Crippen MR) is 84.5 cm³/mol. The molecule has 0 rings (SSSR count). The molecular weight excluding hydrogens is 242 g/mol. The van der Waals surface area contributed by atoms with Gasteiger partial charge >= 0.3 is 0 Å². The lowest BCUT2D eigenvalue weighted by atomic mass is 10.7. The van der Waals surface area contributed by atoms with Crippen molar-refractivity contribution in [3.8, 4) is 0 Å². The first-order valence-corrected chi connectivity index (χ1v) is 13.2. The standard InChI is InChI=1S/C13H31NOSi2/c1-8-14-12(16(5,6)7)13(15)17(9-2,10-3)11-4/h13,15H,8-11H2,1-7H3. The number of hydrogen-bond donors (Lipinski definition) is 1. The van der Waals surface area contributed by atoms with E-state index in [9.17, 15) is 5.11 Å². The highest BCUT2D eigenvalue weighted by atomic mass is 28.3. The number of nitrogens with zero attached hydrogens (tertiary/aromatic N) is 1. The minimum absolute atomic E-state index is 0.214. The van der Waals surface area contributed by atoms with E-state index in [-0.39, 0.29) is 5.73 Å². The molecule has 17 heavy (non-hydrogen) atoms. The molecule has 2 nitrogen and oxygen atoms in total. The second kappa shape index (κ2) is 6.85. The van der Waals surface area contributed by atoms with Crippen LogP contribution in [0.4, 0.5) is 0 Å². The second-order valence-electron chi connectivity index (χ2n) is 5.94. The van der Waals surface area contributed by atoms with E-state index in [2.05, 4.69) is 52.3 Å². The molecule has 0 spiro atoms. The maximum Gasteiger partial charge on any atom is 0.0983 e. The van der Waals surface area contributed by atoms with Crippen LogP contribution in [0.25, 0.3) is 0 Å². The highest BCUT2D eigenvalue weighted by molar-refractivity contribution is 7.08. The van der Waals surface area contributed by atoms with Gasteiger partial charge in [-0.05, 0) is 6.92 Å². The largest absolute Gasteiger partial charge is 0.391 e. The van der Waals surface area contributed by atoms with Crippen LogP contribution in [-0.2, 0) is 0 Å².